The van der Waals surface area contributed by atoms with Crippen LogP contribution in [0.1, 0.15) is 38.7 Å². The standard InChI is InChI=1S/C31H38FN5O2/c1-21-16-22(2)20-37(19-21)29-17-23(3)27-18-25(6-9-28(27)34-29)33-30(38)10-11-31(39)36-14-12-35(13-15-36)26-7-4-24(32)5-8-26/h4-9,17-18,21-22H,10-16,19-20H2,1-3H3,(H,33,38)/t21-,22-/m0/s1. The first kappa shape index (κ1) is 26.9. The number of piperidine rings is 1. The molecule has 0 bridgehead atoms. The van der Waals surface area contributed by atoms with Crippen LogP contribution in [0.25, 0.3) is 10.9 Å². The van der Waals surface area contributed by atoms with E-state index in [9.17, 15) is 14.0 Å². The molecule has 0 unspecified atom stereocenters. The predicted octanol–water partition coefficient (Wildman–Crippen LogP) is 5.23. The maximum Gasteiger partial charge on any atom is 0.224 e. The molecule has 8 heteroatoms. The zero-order chi connectivity index (χ0) is 27.5. The van der Waals surface area contributed by atoms with E-state index in [4.69, 9.17) is 4.98 Å². The molecule has 2 saturated heterocycles. The number of nitrogens with zero attached hydrogens (tertiary/aromatic N) is 4. The molecule has 2 atom stereocenters. The van der Waals surface area contributed by atoms with Gasteiger partial charge >= 0.3 is 0 Å². The molecular weight excluding hydrogens is 493 g/mol. The second-order valence-corrected chi connectivity index (χ2v) is 11.3. The molecule has 1 aromatic heterocycles. The molecular formula is C31H38FN5O2. The zero-order valence-corrected chi connectivity index (χ0v) is 23.1. The first-order valence-corrected chi connectivity index (χ1v) is 14.0. The Morgan fingerprint density at radius 1 is 0.923 bits per heavy atom. The van der Waals surface area contributed by atoms with Crippen molar-refractivity contribution in [3.05, 3.63) is 59.9 Å². The van der Waals surface area contributed by atoms with Crippen LogP contribution < -0.4 is 15.1 Å². The van der Waals surface area contributed by atoms with Gasteiger partial charge in [-0.05, 0) is 79.3 Å². The van der Waals surface area contributed by atoms with Gasteiger partial charge in [0, 0.05) is 68.9 Å². The average Bonchev–Trinajstić information content (AvgIpc) is 2.92. The first-order chi connectivity index (χ1) is 18.7. The van der Waals surface area contributed by atoms with E-state index in [1.165, 1.54) is 18.6 Å². The number of rotatable bonds is 6. The molecule has 2 amide bonds. The Morgan fingerprint density at radius 3 is 2.31 bits per heavy atom. The maximum absolute atomic E-state index is 13.2. The fourth-order valence-corrected chi connectivity index (χ4v) is 5.93. The van der Waals surface area contributed by atoms with Gasteiger partial charge in [0.2, 0.25) is 11.8 Å². The van der Waals surface area contributed by atoms with Crippen LogP contribution in [0, 0.1) is 24.6 Å². The number of halogens is 1. The van der Waals surface area contributed by atoms with Crippen molar-refractivity contribution in [1.29, 1.82) is 0 Å². The lowest BCUT2D eigenvalue weighted by atomic mass is 9.92. The van der Waals surface area contributed by atoms with Gasteiger partial charge in [0.25, 0.3) is 0 Å². The molecule has 7 nitrogen and oxygen atoms in total. The molecule has 3 aromatic rings. The second kappa shape index (κ2) is 11.6. The summed E-state index contributed by atoms with van der Waals surface area (Å²) in [5.74, 6) is 1.88. The fourth-order valence-electron chi connectivity index (χ4n) is 5.93. The van der Waals surface area contributed by atoms with Crippen LogP contribution in [0.5, 0.6) is 0 Å². The van der Waals surface area contributed by atoms with E-state index in [0.717, 1.165) is 41.1 Å². The molecule has 0 saturated carbocycles. The number of carbonyl (C=O) groups is 2. The van der Waals surface area contributed by atoms with Gasteiger partial charge in [-0.25, -0.2) is 9.37 Å². The summed E-state index contributed by atoms with van der Waals surface area (Å²) >= 11 is 0. The van der Waals surface area contributed by atoms with Gasteiger partial charge in [-0.2, -0.15) is 0 Å². The third kappa shape index (κ3) is 6.49. The second-order valence-electron chi connectivity index (χ2n) is 11.3. The van der Waals surface area contributed by atoms with Gasteiger partial charge in [0.1, 0.15) is 11.6 Å². The molecule has 3 heterocycles. The number of nitrogens with one attached hydrogen (secondary N) is 1. The van der Waals surface area contributed by atoms with Crippen molar-refractivity contribution in [2.75, 3.05) is 54.4 Å². The third-order valence-corrected chi connectivity index (χ3v) is 7.87. The number of anilines is 3. The number of piperazine rings is 1. The highest BCUT2D eigenvalue weighted by molar-refractivity contribution is 5.96. The van der Waals surface area contributed by atoms with Crippen LogP contribution in [-0.4, -0.2) is 61.0 Å². The van der Waals surface area contributed by atoms with E-state index in [2.05, 4.69) is 42.0 Å². The quantitative estimate of drug-likeness (QED) is 0.472. The van der Waals surface area contributed by atoms with E-state index < -0.39 is 0 Å². The Labute approximate surface area is 230 Å². The third-order valence-electron chi connectivity index (χ3n) is 7.87. The number of aromatic nitrogens is 1. The minimum absolute atomic E-state index is 0.0173. The highest BCUT2D eigenvalue weighted by Crippen LogP contribution is 2.29. The normalized spacial score (nSPS) is 19.8. The molecule has 39 heavy (non-hydrogen) atoms. The van der Waals surface area contributed by atoms with Crippen molar-refractivity contribution in [2.45, 2.75) is 40.0 Å². The minimum Gasteiger partial charge on any atom is -0.368 e. The van der Waals surface area contributed by atoms with Crippen molar-refractivity contribution in [3.8, 4) is 0 Å². The van der Waals surface area contributed by atoms with Gasteiger partial charge in [-0.15, -0.1) is 0 Å². The fraction of sp³-hybridized carbons (Fsp3) is 0.452. The first-order valence-electron chi connectivity index (χ1n) is 14.0. The summed E-state index contributed by atoms with van der Waals surface area (Å²) in [4.78, 5) is 36.7. The Hall–Kier alpha value is -3.68. The van der Waals surface area contributed by atoms with Gasteiger partial charge in [-0.3, -0.25) is 9.59 Å². The Balaban J connectivity index is 1.13. The van der Waals surface area contributed by atoms with Crippen LogP contribution in [0.15, 0.2) is 48.5 Å². The number of fused-ring (bicyclic) bond motifs is 1. The van der Waals surface area contributed by atoms with Crippen LogP contribution >= 0.6 is 0 Å². The van der Waals surface area contributed by atoms with Crippen molar-refractivity contribution in [1.82, 2.24) is 9.88 Å². The van der Waals surface area contributed by atoms with Crippen molar-refractivity contribution >= 4 is 39.9 Å². The number of carbonyl (C=O) groups excluding carboxylic acids is 2. The smallest absolute Gasteiger partial charge is 0.224 e. The van der Waals surface area contributed by atoms with Gasteiger partial charge in [0.15, 0.2) is 0 Å². The maximum atomic E-state index is 13.2. The highest BCUT2D eigenvalue weighted by Gasteiger charge is 2.24. The van der Waals surface area contributed by atoms with E-state index in [0.29, 0.717) is 43.7 Å². The largest absolute Gasteiger partial charge is 0.368 e. The zero-order valence-electron chi connectivity index (χ0n) is 23.1. The Morgan fingerprint density at radius 2 is 1.62 bits per heavy atom. The molecule has 5 rings (SSSR count). The van der Waals surface area contributed by atoms with Crippen LogP contribution in [-0.2, 0) is 9.59 Å². The summed E-state index contributed by atoms with van der Waals surface area (Å²) in [6, 6.07) is 14.4. The van der Waals surface area contributed by atoms with E-state index in [1.54, 1.807) is 17.0 Å². The van der Waals surface area contributed by atoms with Gasteiger partial charge in [-0.1, -0.05) is 13.8 Å². The molecule has 2 fully saturated rings. The Kier molecular flexibility index (Phi) is 8.00. The van der Waals surface area contributed by atoms with Crippen molar-refractivity contribution in [3.63, 3.8) is 0 Å². The molecule has 2 aliphatic rings. The number of amides is 2. The summed E-state index contributed by atoms with van der Waals surface area (Å²) < 4.78 is 13.2. The summed E-state index contributed by atoms with van der Waals surface area (Å²) in [7, 11) is 0. The number of pyridine rings is 1. The number of benzene rings is 2. The predicted molar refractivity (Wildman–Crippen MR) is 155 cm³/mol. The summed E-state index contributed by atoms with van der Waals surface area (Å²) in [6.45, 7) is 11.3. The minimum atomic E-state index is -0.257. The lowest BCUT2D eigenvalue weighted by molar-refractivity contribution is -0.133. The van der Waals surface area contributed by atoms with Gasteiger partial charge in [0.05, 0.1) is 5.52 Å². The van der Waals surface area contributed by atoms with Crippen LogP contribution in [0.3, 0.4) is 0 Å². The van der Waals surface area contributed by atoms with Crippen molar-refractivity contribution < 1.29 is 14.0 Å². The average molecular weight is 532 g/mol. The molecule has 1 N–H and O–H groups in total. The Bertz CT molecular complexity index is 1330. The molecule has 2 aromatic carbocycles. The summed E-state index contributed by atoms with van der Waals surface area (Å²) in [5.41, 5.74) is 3.72. The lowest BCUT2D eigenvalue weighted by Crippen LogP contribution is -2.48. The van der Waals surface area contributed by atoms with Crippen LogP contribution in [0.4, 0.5) is 21.6 Å². The van der Waals surface area contributed by atoms with Gasteiger partial charge < -0.3 is 20.0 Å². The SMILES string of the molecule is Cc1cc(N2C[C@@H](C)C[C@H](C)C2)nc2ccc(NC(=O)CCC(=O)N3CCN(c4ccc(F)cc4)CC3)cc12. The van der Waals surface area contributed by atoms with E-state index in [-0.39, 0.29) is 30.5 Å². The lowest BCUT2D eigenvalue weighted by Gasteiger charge is -2.36. The number of hydrogen-bond donors (Lipinski definition) is 1. The van der Waals surface area contributed by atoms with E-state index >= 15 is 0 Å². The van der Waals surface area contributed by atoms with Crippen LogP contribution in [0.2, 0.25) is 0 Å². The van der Waals surface area contributed by atoms with Crippen molar-refractivity contribution in [2.24, 2.45) is 11.8 Å². The monoisotopic (exact) mass is 531 g/mol. The summed E-state index contributed by atoms with van der Waals surface area (Å²) in [6.07, 6.45) is 1.56. The van der Waals surface area contributed by atoms with E-state index in [1.807, 2.05) is 18.2 Å². The topological polar surface area (TPSA) is 68.8 Å². The number of hydrogen-bond acceptors (Lipinski definition) is 5. The number of aryl methyl sites for hydroxylation is 1. The molecule has 2 aliphatic heterocycles. The summed E-state index contributed by atoms with van der Waals surface area (Å²) in [5, 5.41) is 3.97. The molecule has 0 radical (unpaired) electrons. The molecule has 0 aliphatic carbocycles. The molecule has 0 spiro atoms. The molecule has 206 valence electrons. The highest BCUT2D eigenvalue weighted by atomic mass is 19.1.